The van der Waals surface area contributed by atoms with Gasteiger partial charge in [-0.1, -0.05) is 0 Å². The van der Waals surface area contributed by atoms with E-state index >= 15 is 0 Å². The third-order valence-electron chi connectivity index (χ3n) is 3.59. The molecule has 2 atom stereocenters. The van der Waals surface area contributed by atoms with Crippen LogP contribution in [-0.2, 0) is 0 Å². The van der Waals surface area contributed by atoms with Crippen molar-refractivity contribution in [2.75, 3.05) is 13.1 Å². The number of hydrogen-bond acceptors (Lipinski definition) is 2. The van der Waals surface area contributed by atoms with Gasteiger partial charge in [0, 0.05) is 23.5 Å². The third-order valence-corrected chi connectivity index (χ3v) is 3.59. The second-order valence-electron chi connectivity index (χ2n) is 5.52. The highest BCUT2D eigenvalue weighted by molar-refractivity contribution is 5.12. The summed E-state index contributed by atoms with van der Waals surface area (Å²) < 4.78 is 0. The molecule has 1 unspecified atom stereocenters. The summed E-state index contributed by atoms with van der Waals surface area (Å²) >= 11 is 0. The van der Waals surface area contributed by atoms with E-state index in [4.69, 9.17) is 5.73 Å². The highest BCUT2D eigenvalue weighted by Gasteiger charge is 2.56. The van der Waals surface area contributed by atoms with Crippen molar-refractivity contribution in [2.24, 2.45) is 11.1 Å². The molecule has 0 amide bonds. The van der Waals surface area contributed by atoms with E-state index in [0.717, 1.165) is 0 Å². The average Bonchev–Trinajstić information content (AvgIpc) is 2.43. The predicted molar refractivity (Wildman–Crippen MR) is 51.0 cm³/mol. The summed E-state index contributed by atoms with van der Waals surface area (Å²) in [5.74, 6) is 0. The minimum Gasteiger partial charge on any atom is -0.327 e. The van der Waals surface area contributed by atoms with Crippen molar-refractivity contribution in [1.82, 2.24) is 4.90 Å². The first-order valence-corrected chi connectivity index (χ1v) is 4.95. The Bertz CT molecular complexity index is 195. The molecule has 12 heavy (non-hydrogen) atoms. The van der Waals surface area contributed by atoms with E-state index in [1.165, 1.54) is 25.9 Å². The molecule has 1 aliphatic carbocycles. The van der Waals surface area contributed by atoms with E-state index in [1.807, 2.05) is 0 Å². The monoisotopic (exact) mass is 168 g/mol. The van der Waals surface area contributed by atoms with Gasteiger partial charge in [0.2, 0.25) is 0 Å². The van der Waals surface area contributed by atoms with Crippen molar-refractivity contribution >= 4 is 0 Å². The van der Waals surface area contributed by atoms with Gasteiger partial charge in [0.05, 0.1) is 0 Å². The van der Waals surface area contributed by atoms with E-state index in [2.05, 4.69) is 25.7 Å². The Kier molecular flexibility index (Phi) is 1.59. The van der Waals surface area contributed by atoms with E-state index in [9.17, 15) is 0 Å². The van der Waals surface area contributed by atoms with Gasteiger partial charge in [-0.25, -0.2) is 0 Å². The summed E-state index contributed by atoms with van der Waals surface area (Å²) in [4.78, 5) is 2.57. The molecule has 1 heterocycles. The Labute approximate surface area is 75.1 Å². The SMILES string of the molecule is CC(C)(C)N1CC[C@]2(CC2N)C1. The standard InChI is InChI=1S/C10H20N2/c1-9(2,3)12-5-4-10(7-12)6-8(10)11/h8H,4-7,11H2,1-3H3/t8?,10-/m0/s1. The fraction of sp³-hybridized carbons (Fsp3) is 1.00. The molecule has 0 aromatic carbocycles. The second-order valence-corrected chi connectivity index (χ2v) is 5.52. The molecule has 2 rings (SSSR count). The molecule has 1 saturated heterocycles. The molecule has 2 aliphatic rings. The van der Waals surface area contributed by atoms with Crippen LogP contribution < -0.4 is 5.73 Å². The Hall–Kier alpha value is -0.0800. The number of nitrogens with two attached hydrogens (primary N) is 1. The molecule has 0 aromatic heterocycles. The van der Waals surface area contributed by atoms with Crippen molar-refractivity contribution in [1.29, 1.82) is 0 Å². The Morgan fingerprint density at radius 2 is 2.00 bits per heavy atom. The van der Waals surface area contributed by atoms with Crippen LogP contribution in [0.5, 0.6) is 0 Å². The highest BCUT2D eigenvalue weighted by atomic mass is 15.2. The number of hydrogen-bond donors (Lipinski definition) is 1. The zero-order chi connectivity index (χ0) is 8.98. The number of nitrogens with zero attached hydrogens (tertiary/aromatic N) is 1. The summed E-state index contributed by atoms with van der Waals surface area (Å²) in [5.41, 5.74) is 6.82. The summed E-state index contributed by atoms with van der Waals surface area (Å²) in [6.45, 7) is 9.36. The first-order chi connectivity index (χ1) is 5.44. The summed E-state index contributed by atoms with van der Waals surface area (Å²) in [5, 5.41) is 0. The summed E-state index contributed by atoms with van der Waals surface area (Å²) in [7, 11) is 0. The Morgan fingerprint density at radius 3 is 2.25 bits per heavy atom. The third kappa shape index (κ3) is 1.17. The molecule has 1 saturated carbocycles. The fourth-order valence-corrected chi connectivity index (χ4v) is 2.32. The Balaban J connectivity index is 2.00. The normalized spacial score (nSPS) is 42.5. The van der Waals surface area contributed by atoms with Crippen LogP contribution in [0.2, 0.25) is 0 Å². The van der Waals surface area contributed by atoms with Crippen molar-refractivity contribution in [3.05, 3.63) is 0 Å². The molecule has 2 nitrogen and oxygen atoms in total. The highest BCUT2D eigenvalue weighted by Crippen LogP contribution is 2.52. The van der Waals surface area contributed by atoms with Crippen molar-refractivity contribution in [2.45, 2.75) is 45.2 Å². The Morgan fingerprint density at radius 1 is 1.42 bits per heavy atom. The molecule has 0 radical (unpaired) electrons. The van der Waals surface area contributed by atoms with Gasteiger partial charge in [0.1, 0.15) is 0 Å². The van der Waals surface area contributed by atoms with Crippen LogP contribution in [0.3, 0.4) is 0 Å². The molecular formula is C10H20N2. The van der Waals surface area contributed by atoms with Gasteiger partial charge < -0.3 is 5.73 Å². The lowest BCUT2D eigenvalue weighted by molar-refractivity contribution is 0.165. The largest absolute Gasteiger partial charge is 0.327 e. The number of likely N-dealkylation sites (tertiary alicyclic amines) is 1. The van der Waals surface area contributed by atoms with E-state index in [-0.39, 0.29) is 0 Å². The maximum Gasteiger partial charge on any atom is 0.0125 e. The summed E-state index contributed by atoms with van der Waals surface area (Å²) in [6.07, 6.45) is 2.59. The summed E-state index contributed by atoms with van der Waals surface area (Å²) in [6, 6.07) is 0.504. The van der Waals surface area contributed by atoms with Gasteiger partial charge in [-0.15, -0.1) is 0 Å². The lowest BCUT2D eigenvalue weighted by atomic mass is 10.0. The molecule has 2 fully saturated rings. The lowest BCUT2D eigenvalue weighted by Gasteiger charge is -2.31. The smallest absolute Gasteiger partial charge is 0.0125 e. The molecule has 1 spiro atoms. The van der Waals surface area contributed by atoms with Gasteiger partial charge in [0.15, 0.2) is 0 Å². The van der Waals surface area contributed by atoms with Crippen LogP contribution in [0.15, 0.2) is 0 Å². The molecule has 70 valence electrons. The van der Waals surface area contributed by atoms with Crippen molar-refractivity contribution in [3.63, 3.8) is 0 Å². The van der Waals surface area contributed by atoms with Gasteiger partial charge in [0.25, 0.3) is 0 Å². The van der Waals surface area contributed by atoms with Crippen LogP contribution in [0.25, 0.3) is 0 Å². The topological polar surface area (TPSA) is 29.3 Å². The minimum atomic E-state index is 0.339. The van der Waals surface area contributed by atoms with Gasteiger partial charge in [-0.3, -0.25) is 4.90 Å². The molecule has 1 aliphatic heterocycles. The van der Waals surface area contributed by atoms with Gasteiger partial charge in [-0.2, -0.15) is 0 Å². The molecule has 2 N–H and O–H groups in total. The zero-order valence-electron chi connectivity index (χ0n) is 8.43. The van der Waals surface area contributed by atoms with Gasteiger partial charge in [-0.05, 0) is 40.2 Å². The molecule has 2 heteroatoms. The van der Waals surface area contributed by atoms with Gasteiger partial charge >= 0.3 is 0 Å². The van der Waals surface area contributed by atoms with Crippen LogP contribution >= 0.6 is 0 Å². The number of rotatable bonds is 0. The van der Waals surface area contributed by atoms with Crippen LogP contribution in [-0.4, -0.2) is 29.6 Å². The van der Waals surface area contributed by atoms with Crippen molar-refractivity contribution in [3.8, 4) is 0 Å². The van der Waals surface area contributed by atoms with E-state index < -0.39 is 0 Å². The molecule has 0 bridgehead atoms. The van der Waals surface area contributed by atoms with E-state index in [0.29, 0.717) is 17.0 Å². The maximum atomic E-state index is 5.94. The van der Waals surface area contributed by atoms with Crippen LogP contribution in [0, 0.1) is 5.41 Å². The minimum absolute atomic E-state index is 0.339. The molecule has 0 aromatic rings. The lowest BCUT2D eigenvalue weighted by Crippen LogP contribution is -2.40. The zero-order valence-corrected chi connectivity index (χ0v) is 8.43. The van der Waals surface area contributed by atoms with Crippen molar-refractivity contribution < 1.29 is 0 Å². The molecular weight excluding hydrogens is 148 g/mol. The van der Waals surface area contributed by atoms with Crippen LogP contribution in [0.4, 0.5) is 0 Å². The second kappa shape index (κ2) is 2.24. The average molecular weight is 168 g/mol. The van der Waals surface area contributed by atoms with Crippen LogP contribution in [0.1, 0.15) is 33.6 Å². The first kappa shape index (κ1) is 8.52. The predicted octanol–water partition coefficient (Wildman–Crippen LogP) is 1.21. The first-order valence-electron chi connectivity index (χ1n) is 4.95. The van der Waals surface area contributed by atoms with E-state index in [1.54, 1.807) is 0 Å². The fourth-order valence-electron chi connectivity index (χ4n) is 2.32. The maximum absolute atomic E-state index is 5.94. The quantitative estimate of drug-likeness (QED) is 0.589.